The number of nitrogens with zero attached hydrogens (tertiary/aromatic N) is 1. The van der Waals surface area contributed by atoms with Gasteiger partial charge in [0.2, 0.25) is 0 Å². The Morgan fingerprint density at radius 3 is 1.64 bits per heavy atom. The molecule has 0 bridgehead atoms. The average molecular weight is 646 g/mol. The van der Waals surface area contributed by atoms with Crippen LogP contribution in [-0.4, -0.2) is 23.9 Å². The predicted molar refractivity (Wildman–Crippen MR) is 209 cm³/mol. The van der Waals surface area contributed by atoms with Crippen molar-refractivity contribution in [1.29, 1.82) is 0 Å². The molecule has 0 N–H and O–H groups in total. The third-order valence-corrected chi connectivity index (χ3v) is 9.81. The minimum atomic E-state index is -0.333. The Kier molecular flexibility index (Phi) is 7.50. The fraction of sp³-hybridized carbons (Fsp3) is 0.0870. The number of hydrogen-bond donors (Lipinski definition) is 0. The van der Waals surface area contributed by atoms with Crippen LogP contribution in [0.4, 0.5) is 0 Å². The SMILES string of the molecule is CC1(C)COB(c2ccc(-c3ccc4c(c3)c3cc(-c5ccccc5)cc(-c5ccccc5)c3n4-c3ccc(-c4ccccc4)cc3)cc2)O1. The summed E-state index contributed by atoms with van der Waals surface area (Å²) in [6.45, 7) is 4.72. The molecule has 1 aliphatic rings. The first-order valence-electron chi connectivity index (χ1n) is 17.3. The van der Waals surface area contributed by atoms with Gasteiger partial charge in [-0.2, -0.15) is 0 Å². The molecule has 50 heavy (non-hydrogen) atoms. The zero-order chi connectivity index (χ0) is 33.7. The van der Waals surface area contributed by atoms with Crippen molar-refractivity contribution in [2.45, 2.75) is 19.4 Å². The molecule has 2 heterocycles. The van der Waals surface area contributed by atoms with E-state index in [0.29, 0.717) is 6.61 Å². The molecule has 240 valence electrons. The highest BCUT2D eigenvalue weighted by atomic mass is 16.7. The van der Waals surface area contributed by atoms with Crippen LogP contribution in [0.2, 0.25) is 0 Å². The fourth-order valence-corrected chi connectivity index (χ4v) is 7.30. The van der Waals surface area contributed by atoms with Crippen molar-refractivity contribution in [3.63, 3.8) is 0 Å². The Bertz CT molecular complexity index is 2450. The molecule has 0 unspecified atom stereocenters. The molecule has 1 aromatic heterocycles. The van der Waals surface area contributed by atoms with Gasteiger partial charge in [0.05, 0.1) is 23.2 Å². The summed E-state index contributed by atoms with van der Waals surface area (Å²) < 4.78 is 14.5. The third kappa shape index (κ3) is 5.53. The third-order valence-electron chi connectivity index (χ3n) is 9.81. The zero-order valence-corrected chi connectivity index (χ0v) is 28.2. The van der Waals surface area contributed by atoms with Gasteiger partial charge in [-0.3, -0.25) is 0 Å². The Morgan fingerprint density at radius 2 is 1.02 bits per heavy atom. The van der Waals surface area contributed by atoms with Gasteiger partial charge in [-0.25, -0.2) is 0 Å². The first kappa shape index (κ1) is 30.4. The van der Waals surface area contributed by atoms with Gasteiger partial charge in [-0.15, -0.1) is 0 Å². The Morgan fingerprint density at radius 1 is 0.500 bits per heavy atom. The average Bonchev–Trinajstić information content (AvgIpc) is 3.72. The summed E-state index contributed by atoms with van der Waals surface area (Å²) in [6, 6.07) is 61.3. The molecule has 1 saturated heterocycles. The lowest BCUT2D eigenvalue weighted by molar-refractivity contribution is 0.137. The second-order valence-corrected chi connectivity index (χ2v) is 13.8. The molecule has 1 aliphatic heterocycles. The van der Waals surface area contributed by atoms with Crippen LogP contribution in [0, 0.1) is 0 Å². The van der Waals surface area contributed by atoms with E-state index < -0.39 is 0 Å². The van der Waals surface area contributed by atoms with Crippen LogP contribution in [0.3, 0.4) is 0 Å². The molecule has 9 rings (SSSR count). The molecule has 0 spiro atoms. The van der Waals surface area contributed by atoms with E-state index in [-0.39, 0.29) is 12.7 Å². The van der Waals surface area contributed by atoms with Gasteiger partial charge >= 0.3 is 7.12 Å². The molecular weight excluding hydrogens is 609 g/mol. The topological polar surface area (TPSA) is 23.4 Å². The van der Waals surface area contributed by atoms with Crippen LogP contribution in [0.25, 0.3) is 72.0 Å². The largest absolute Gasteiger partial charge is 0.494 e. The Hall–Kier alpha value is -5.68. The first-order chi connectivity index (χ1) is 24.5. The summed E-state index contributed by atoms with van der Waals surface area (Å²) in [7, 11) is -0.333. The predicted octanol–water partition coefficient (Wildman–Crippen LogP) is 11.0. The van der Waals surface area contributed by atoms with Gasteiger partial charge in [0.25, 0.3) is 0 Å². The van der Waals surface area contributed by atoms with Crippen LogP contribution in [0.15, 0.2) is 170 Å². The summed E-state index contributed by atoms with van der Waals surface area (Å²) in [6.07, 6.45) is 0. The van der Waals surface area contributed by atoms with Crippen molar-refractivity contribution in [3.8, 4) is 50.2 Å². The van der Waals surface area contributed by atoms with Gasteiger partial charge in [-0.05, 0) is 94.7 Å². The summed E-state index contributed by atoms with van der Waals surface area (Å²) in [4.78, 5) is 0. The van der Waals surface area contributed by atoms with Gasteiger partial charge in [0.1, 0.15) is 0 Å². The highest BCUT2D eigenvalue weighted by molar-refractivity contribution is 6.61. The van der Waals surface area contributed by atoms with Gasteiger partial charge in [0.15, 0.2) is 0 Å². The lowest BCUT2D eigenvalue weighted by atomic mass is 9.78. The van der Waals surface area contributed by atoms with Gasteiger partial charge in [0, 0.05) is 22.0 Å². The van der Waals surface area contributed by atoms with Crippen molar-refractivity contribution in [3.05, 3.63) is 170 Å². The van der Waals surface area contributed by atoms with E-state index in [4.69, 9.17) is 9.31 Å². The van der Waals surface area contributed by atoms with Gasteiger partial charge in [-0.1, -0.05) is 133 Å². The van der Waals surface area contributed by atoms with Crippen LogP contribution >= 0.6 is 0 Å². The first-order valence-corrected chi connectivity index (χ1v) is 17.3. The van der Waals surface area contributed by atoms with Crippen molar-refractivity contribution >= 4 is 34.4 Å². The molecule has 7 aromatic carbocycles. The highest BCUT2D eigenvalue weighted by Gasteiger charge is 2.38. The van der Waals surface area contributed by atoms with Crippen LogP contribution in [-0.2, 0) is 9.31 Å². The minimum absolute atomic E-state index is 0.276. The molecule has 0 atom stereocenters. The fourth-order valence-electron chi connectivity index (χ4n) is 7.30. The van der Waals surface area contributed by atoms with Gasteiger partial charge < -0.3 is 13.9 Å². The quantitative estimate of drug-likeness (QED) is 0.168. The smallest absolute Gasteiger partial charge is 0.404 e. The number of rotatable bonds is 6. The molecule has 1 fully saturated rings. The lowest BCUT2D eigenvalue weighted by Crippen LogP contribution is -2.34. The summed E-state index contributed by atoms with van der Waals surface area (Å²) >= 11 is 0. The summed E-state index contributed by atoms with van der Waals surface area (Å²) in [5, 5.41) is 2.44. The number of hydrogen-bond acceptors (Lipinski definition) is 2. The highest BCUT2D eigenvalue weighted by Crippen LogP contribution is 2.42. The second kappa shape index (κ2) is 12.3. The molecule has 4 heteroatoms. The lowest BCUT2D eigenvalue weighted by Gasteiger charge is -2.15. The molecule has 0 amide bonds. The minimum Gasteiger partial charge on any atom is -0.404 e. The van der Waals surface area contributed by atoms with Crippen molar-refractivity contribution in [1.82, 2.24) is 4.57 Å². The maximum Gasteiger partial charge on any atom is 0.494 e. The van der Waals surface area contributed by atoms with Crippen molar-refractivity contribution in [2.24, 2.45) is 0 Å². The van der Waals surface area contributed by atoms with Crippen LogP contribution in [0.5, 0.6) is 0 Å². The maximum absolute atomic E-state index is 6.13. The maximum atomic E-state index is 6.13. The van der Waals surface area contributed by atoms with E-state index in [0.717, 1.165) is 16.7 Å². The Labute approximate surface area is 293 Å². The molecule has 0 saturated carbocycles. The van der Waals surface area contributed by atoms with Crippen LogP contribution in [0.1, 0.15) is 13.8 Å². The van der Waals surface area contributed by atoms with Crippen molar-refractivity contribution < 1.29 is 9.31 Å². The Balaban J connectivity index is 1.26. The molecular formula is C46H36BNO2. The molecule has 3 nitrogen and oxygen atoms in total. The van der Waals surface area contributed by atoms with E-state index >= 15 is 0 Å². The van der Waals surface area contributed by atoms with E-state index in [1.54, 1.807) is 0 Å². The molecule has 0 aliphatic carbocycles. The zero-order valence-electron chi connectivity index (χ0n) is 28.2. The van der Waals surface area contributed by atoms with E-state index in [9.17, 15) is 0 Å². The van der Waals surface area contributed by atoms with E-state index in [1.165, 1.54) is 60.8 Å². The monoisotopic (exact) mass is 645 g/mol. The number of benzene rings is 7. The molecule has 8 aromatic rings. The van der Waals surface area contributed by atoms with Crippen LogP contribution < -0.4 is 5.46 Å². The number of aromatic nitrogens is 1. The summed E-state index contributed by atoms with van der Waals surface area (Å²) in [5.41, 5.74) is 13.8. The molecule has 0 radical (unpaired) electrons. The number of fused-ring (bicyclic) bond motifs is 3. The van der Waals surface area contributed by atoms with E-state index in [1.807, 2.05) is 0 Å². The normalized spacial score (nSPS) is 14.1. The van der Waals surface area contributed by atoms with E-state index in [2.05, 4.69) is 188 Å². The second-order valence-electron chi connectivity index (χ2n) is 13.8. The summed E-state index contributed by atoms with van der Waals surface area (Å²) in [5.74, 6) is 0. The van der Waals surface area contributed by atoms with Crippen molar-refractivity contribution in [2.75, 3.05) is 6.61 Å². The standard InChI is InChI=1S/C46H36BNO2/c1-46(2)31-49-47(50-46)39-23-18-35(19-24-39)37-22-27-44-42(28-37)43-30-38(33-14-8-4-9-15-33)29-41(36-16-10-5-11-17-36)45(43)48(44)40-25-20-34(21-26-40)32-12-6-3-7-13-32/h3-30H,31H2,1-2H3.